The molecule has 0 bridgehead atoms. The van der Waals surface area contributed by atoms with E-state index in [1.807, 2.05) is 0 Å². The number of anilines is 1. The van der Waals surface area contributed by atoms with Gasteiger partial charge in [-0.15, -0.1) is 0 Å². The number of carbonyl (C=O) groups is 1. The number of ketones is 1. The highest BCUT2D eigenvalue weighted by Crippen LogP contribution is 2.20. The van der Waals surface area contributed by atoms with Crippen molar-refractivity contribution < 1.29 is 9.53 Å². The Bertz CT molecular complexity index is 339. The number of halogens is 1. The van der Waals surface area contributed by atoms with E-state index in [2.05, 4.69) is 15.9 Å². The summed E-state index contributed by atoms with van der Waals surface area (Å²) in [7, 11) is 1.58. The third-order valence-electron chi connectivity index (χ3n) is 1.89. The highest BCUT2D eigenvalue weighted by Gasteiger charge is 2.06. The van der Waals surface area contributed by atoms with E-state index >= 15 is 0 Å². The Labute approximate surface area is 91.4 Å². The second-order valence-electron chi connectivity index (χ2n) is 2.91. The lowest BCUT2D eigenvalue weighted by atomic mass is 10.1. The molecule has 0 aliphatic rings. The fraction of sp³-hybridized carbons (Fsp3) is 0.300. The van der Waals surface area contributed by atoms with Gasteiger partial charge in [-0.05, 0) is 23.8 Å². The van der Waals surface area contributed by atoms with Gasteiger partial charge in [0.05, 0.1) is 12.4 Å². The van der Waals surface area contributed by atoms with Gasteiger partial charge in [-0.25, -0.2) is 0 Å². The summed E-state index contributed by atoms with van der Waals surface area (Å²) in [4.78, 5) is 11.2. The molecule has 0 aromatic heterocycles. The zero-order valence-corrected chi connectivity index (χ0v) is 9.50. The number of nitrogens with two attached hydrogens (primary N) is 1. The van der Waals surface area contributed by atoms with E-state index in [4.69, 9.17) is 10.5 Å². The molecule has 0 amide bonds. The molecule has 0 fully saturated rings. The number of rotatable bonds is 4. The lowest BCUT2D eigenvalue weighted by molar-refractivity contribution is -0.115. The molecule has 0 radical (unpaired) electrons. The number of carbonyl (C=O) groups excluding carboxylic acids is 1. The van der Waals surface area contributed by atoms with Gasteiger partial charge in [0.25, 0.3) is 0 Å². The van der Waals surface area contributed by atoms with Gasteiger partial charge in [0.15, 0.2) is 0 Å². The van der Waals surface area contributed by atoms with Crippen LogP contribution in [-0.2, 0) is 11.2 Å². The minimum Gasteiger partial charge on any atom is -0.497 e. The van der Waals surface area contributed by atoms with Crippen molar-refractivity contribution in [2.24, 2.45) is 0 Å². The maximum Gasteiger partial charge on any atom is 0.147 e. The quantitative estimate of drug-likeness (QED) is 0.661. The third-order valence-corrected chi connectivity index (χ3v) is 2.51. The Morgan fingerprint density at radius 3 is 2.86 bits per heavy atom. The highest BCUT2D eigenvalue weighted by molar-refractivity contribution is 9.09. The molecule has 4 heteroatoms. The molecule has 1 rings (SSSR count). The number of methoxy groups -OCH3 is 1. The van der Waals surface area contributed by atoms with Crippen molar-refractivity contribution in [3.05, 3.63) is 23.8 Å². The van der Waals surface area contributed by atoms with Crippen molar-refractivity contribution in [3.63, 3.8) is 0 Å². The monoisotopic (exact) mass is 257 g/mol. The fourth-order valence-electron chi connectivity index (χ4n) is 1.12. The SMILES string of the molecule is COc1ccc(N)c(CC(=O)CBr)c1. The summed E-state index contributed by atoms with van der Waals surface area (Å²) < 4.78 is 5.05. The second kappa shape index (κ2) is 5.00. The average Bonchev–Trinajstić information content (AvgIpc) is 2.21. The first-order chi connectivity index (χ1) is 6.67. The molecule has 0 unspecified atom stereocenters. The van der Waals surface area contributed by atoms with Crippen LogP contribution in [0.2, 0.25) is 0 Å². The van der Waals surface area contributed by atoms with Gasteiger partial charge in [0.1, 0.15) is 11.5 Å². The number of benzene rings is 1. The Balaban J connectivity index is 2.89. The van der Waals surface area contributed by atoms with Crippen molar-refractivity contribution in [2.75, 3.05) is 18.2 Å². The highest BCUT2D eigenvalue weighted by atomic mass is 79.9. The van der Waals surface area contributed by atoms with Crippen LogP contribution in [0.4, 0.5) is 5.69 Å². The van der Waals surface area contributed by atoms with Gasteiger partial charge >= 0.3 is 0 Å². The van der Waals surface area contributed by atoms with Crippen LogP contribution in [-0.4, -0.2) is 18.2 Å². The summed E-state index contributed by atoms with van der Waals surface area (Å²) in [6.07, 6.45) is 0.342. The Hall–Kier alpha value is -1.03. The van der Waals surface area contributed by atoms with E-state index < -0.39 is 0 Å². The zero-order valence-electron chi connectivity index (χ0n) is 7.92. The summed E-state index contributed by atoms with van der Waals surface area (Å²) in [5.41, 5.74) is 7.16. The van der Waals surface area contributed by atoms with E-state index in [1.165, 1.54) is 0 Å². The van der Waals surface area contributed by atoms with Gasteiger partial charge in [-0.2, -0.15) is 0 Å². The van der Waals surface area contributed by atoms with E-state index in [-0.39, 0.29) is 5.78 Å². The van der Waals surface area contributed by atoms with E-state index in [9.17, 15) is 4.79 Å². The maximum absolute atomic E-state index is 11.2. The lowest BCUT2D eigenvalue weighted by Crippen LogP contribution is -2.06. The molecule has 0 spiro atoms. The fourth-order valence-corrected chi connectivity index (χ4v) is 1.32. The normalized spacial score (nSPS) is 9.86. The molecule has 0 saturated heterocycles. The summed E-state index contributed by atoms with van der Waals surface area (Å²) in [6, 6.07) is 5.31. The van der Waals surface area contributed by atoms with Gasteiger partial charge < -0.3 is 10.5 Å². The number of nitrogen functional groups attached to an aromatic ring is 1. The van der Waals surface area contributed by atoms with Crippen LogP contribution in [0.5, 0.6) is 5.75 Å². The minimum absolute atomic E-state index is 0.102. The molecule has 0 aliphatic carbocycles. The number of alkyl halides is 1. The summed E-state index contributed by atoms with van der Waals surface area (Å²) >= 11 is 3.11. The third kappa shape index (κ3) is 2.73. The standard InChI is InChI=1S/C10H12BrNO2/c1-14-9-2-3-10(12)7(5-9)4-8(13)6-11/h2-3,5H,4,6,12H2,1H3. The smallest absolute Gasteiger partial charge is 0.147 e. The average molecular weight is 258 g/mol. The van der Waals surface area contributed by atoms with Crippen LogP contribution in [0.25, 0.3) is 0 Å². The van der Waals surface area contributed by atoms with Crippen molar-refractivity contribution >= 4 is 27.4 Å². The molecule has 76 valence electrons. The Morgan fingerprint density at radius 2 is 2.29 bits per heavy atom. The van der Waals surface area contributed by atoms with Crippen LogP contribution in [0.1, 0.15) is 5.56 Å². The van der Waals surface area contributed by atoms with Gasteiger partial charge in [-0.3, -0.25) is 4.79 Å². The van der Waals surface area contributed by atoms with E-state index in [0.29, 0.717) is 17.4 Å². The number of ether oxygens (including phenoxy) is 1. The molecule has 2 N–H and O–H groups in total. The summed E-state index contributed by atoms with van der Waals surface area (Å²) in [5, 5.41) is 0.351. The van der Waals surface area contributed by atoms with Crippen LogP contribution in [0, 0.1) is 0 Å². The second-order valence-corrected chi connectivity index (χ2v) is 3.47. The largest absolute Gasteiger partial charge is 0.497 e. The molecule has 0 saturated carbocycles. The summed E-state index contributed by atoms with van der Waals surface area (Å²) in [5.74, 6) is 0.821. The maximum atomic E-state index is 11.2. The van der Waals surface area contributed by atoms with Gasteiger partial charge in [0.2, 0.25) is 0 Å². The van der Waals surface area contributed by atoms with Crippen LogP contribution < -0.4 is 10.5 Å². The Kier molecular flexibility index (Phi) is 3.95. The van der Waals surface area contributed by atoms with Crippen molar-refractivity contribution in [1.82, 2.24) is 0 Å². The van der Waals surface area contributed by atoms with Crippen LogP contribution in [0.15, 0.2) is 18.2 Å². The Morgan fingerprint density at radius 1 is 1.57 bits per heavy atom. The van der Waals surface area contributed by atoms with E-state index in [0.717, 1.165) is 11.3 Å². The van der Waals surface area contributed by atoms with Crippen LogP contribution >= 0.6 is 15.9 Å². The number of hydrogen-bond donors (Lipinski definition) is 1. The predicted octanol–water partition coefficient (Wildman–Crippen LogP) is 1.78. The predicted molar refractivity (Wildman–Crippen MR) is 59.9 cm³/mol. The van der Waals surface area contributed by atoms with Gasteiger partial charge in [0, 0.05) is 12.1 Å². The summed E-state index contributed by atoms with van der Waals surface area (Å²) in [6.45, 7) is 0. The molecule has 0 heterocycles. The minimum atomic E-state index is 0.102. The molecular formula is C10H12BrNO2. The molecule has 14 heavy (non-hydrogen) atoms. The zero-order chi connectivity index (χ0) is 10.6. The molecule has 0 atom stereocenters. The molecule has 3 nitrogen and oxygen atoms in total. The molecule has 1 aromatic carbocycles. The van der Waals surface area contributed by atoms with Crippen molar-refractivity contribution in [1.29, 1.82) is 0 Å². The number of hydrogen-bond acceptors (Lipinski definition) is 3. The molecule has 0 aliphatic heterocycles. The first-order valence-corrected chi connectivity index (χ1v) is 5.29. The van der Waals surface area contributed by atoms with Crippen LogP contribution in [0.3, 0.4) is 0 Å². The topological polar surface area (TPSA) is 52.3 Å². The first-order valence-electron chi connectivity index (χ1n) is 4.17. The first kappa shape index (κ1) is 11.0. The van der Waals surface area contributed by atoms with E-state index in [1.54, 1.807) is 25.3 Å². The molecule has 1 aromatic rings. The number of Topliss-reactive ketones (excluding diaryl/α,β-unsaturated/α-hetero) is 1. The van der Waals surface area contributed by atoms with Crippen molar-refractivity contribution in [2.45, 2.75) is 6.42 Å². The van der Waals surface area contributed by atoms with Gasteiger partial charge in [-0.1, -0.05) is 15.9 Å². The lowest BCUT2D eigenvalue weighted by Gasteiger charge is -2.06. The molecular weight excluding hydrogens is 246 g/mol. The van der Waals surface area contributed by atoms with Crippen molar-refractivity contribution in [3.8, 4) is 5.75 Å².